The molecule has 0 heterocycles. The quantitative estimate of drug-likeness (QED) is 0.276. The highest BCUT2D eigenvalue weighted by Gasteiger charge is 2.29. The molecule has 2 atom stereocenters. The van der Waals surface area contributed by atoms with Crippen molar-refractivity contribution in [3.8, 4) is 0 Å². The van der Waals surface area contributed by atoms with Crippen molar-refractivity contribution >= 4 is 17.7 Å². The molecule has 188 valence electrons. The molecule has 4 N–H and O–H groups in total. The van der Waals surface area contributed by atoms with Crippen molar-refractivity contribution in [1.82, 2.24) is 16.1 Å². The van der Waals surface area contributed by atoms with Crippen molar-refractivity contribution in [2.45, 2.75) is 63.8 Å². The molecular formula is C28H37N3O4. The number of carbonyl (C=O) groups is 3. The molecule has 0 radical (unpaired) electrons. The van der Waals surface area contributed by atoms with Crippen LogP contribution in [-0.2, 0) is 27.2 Å². The molecule has 2 aromatic carbocycles. The molecule has 35 heavy (non-hydrogen) atoms. The summed E-state index contributed by atoms with van der Waals surface area (Å²) in [5.74, 6) is -1.48. The first kappa shape index (κ1) is 26.4. The van der Waals surface area contributed by atoms with Gasteiger partial charge in [0.2, 0.25) is 17.7 Å². The van der Waals surface area contributed by atoms with Crippen LogP contribution >= 0.6 is 0 Å². The van der Waals surface area contributed by atoms with Gasteiger partial charge in [-0.25, -0.2) is 5.48 Å². The summed E-state index contributed by atoms with van der Waals surface area (Å²) in [4.78, 5) is 38.4. The molecule has 0 unspecified atom stereocenters. The Morgan fingerprint density at radius 2 is 1.49 bits per heavy atom. The first-order chi connectivity index (χ1) is 17.0. The van der Waals surface area contributed by atoms with E-state index in [0.717, 1.165) is 36.8 Å². The molecule has 0 aliphatic heterocycles. The maximum Gasteiger partial charge on any atom is 0.244 e. The van der Waals surface area contributed by atoms with Gasteiger partial charge in [0.1, 0.15) is 6.04 Å². The Labute approximate surface area is 207 Å². The number of hydroxylamine groups is 1. The molecule has 1 fully saturated rings. The fraction of sp³-hybridized carbons (Fsp3) is 0.464. The second-order valence-corrected chi connectivity index (χ2v) is 9.45. The molecule has 3 amide bonds. The van der Waals surface area contributed by atoms with Crippen molar-refractivity contribution in [3.05, 3.63) is 71.8 Å². The van der Waals surface area contributed by atoms with Crippen molar-refractivity contribution in [2.24, 2.45) is 11.8 Å². The van der Waals surface area contributed by atoms with Gasteiger partial charge in [0.15, 0.2) is 0 Å². The average molecular weight is 480 g/mol. The van der Waals surface area contributed by atoms with E-state index < -0.39 is 17.9 Å². The van der Waals surface area contributed by atoms with Gasteiger partial charge in [-0.1, -0.05) is 92.8 Å². The highest BCUT2D eigenvalue weighted by molar-refractivity contribution is 5.90. The van der Waals surface area contributed by atoms with Crippen LogP contribution in [0.3, 0.4) is 0 Å². The fourth-order valence-corrected chi connectivity index (χ4v) is 4.80. The largest absolute Gasteiger partial charge is 0.354 e. The number of hydrogen-bond acceptors (Lipinski definition) is 4. The fourth-order valence-electron chi connectivity index (χ4n) is 4.80. The van der Waals surface area contributed by atoms with Crippen LogP contribution in [0.4, 0.5) is 0 Å². The standard InChI is InChI=1S/C28H37N3O4/c32-26(31-35)20-24(18-22-12-6-2-7-13-22)27(33)30-25(19-23-14-8-3-9-15-23)28(34)29-17-16-21-10-4-1-5-11-21/h1-2,4-7,10-13,23-25,35H,3,8-9,14-20H2,(H,29,34)(H,30,33)(H,31,32)/t24-,25+/m1/s1. The number of amides is 3. The lowest BCUT2D eigenvalue weighted by Gasteiger charge is -2.28. The van der Waals surface area contributed by atoms with Crippen LogP contribution in [0.15, 0.2) is 60.7 Å². The minimum absolute atomic E-state index is 0.164. The topological polar surface area (TPSA) is 108 Å². The van der Waals surface area contributed by atoms with Gasteiger partial charge in [-0.15, -0.1) is 0 Å². The normalized spacial score (nSPS) is 15.6. The van der Waals surface area contributed by atoms with E-state index in [1.807, 2.05) is 60.7 Å². The van der Waals surface area contributed by atoms with E-state index in [9.17, 15) is 14.4 Å². The number of carbonyl (C=O) groups excluding carboxylic acids is 3. The number of rotatable bonds is 12. The highest BCUT2D eigenvalue weighted by Crippen LogP contribution is 2.27. The third kappa shape index (κ3) is 9.17. The van der Waals surface area contributed by atoms with Gasteiger partial charge < -0.3 is 10.6 Å². The second kappa shape index (κ2) is 14.3. The summed E-state index contributed by atoms with van der Waals surface area (Å²) in [5.41, 5.74) is 3.67. The van der Waals surface area contributed by atoms with E-state index in [1.165, 1.54) is 6.42 Å². The molecule has 0 saturated heterocycles. The average Bonchev–Trinajstić information content (AvgIpc) is 2.89. The van der Waals surface area contributed by atoms with E-state index in [-0.39, 0.29) is 18.2 Å². The zero-order valence-electron chi connectivity index (χ0n) is 20.2. The molecule has 1 aliphatic carbocycles. The van der Waals surface area contributed by atoms with Crippen LogP contribution < -0.4 is 16.1 Å². The number of hydrogen-bond donors (Lipinski definition) is 4. The minimum Gasteiger partial charge on any atom is -0.354 e. The first-order valence-electron chi connectivity index (χ1n) is 12.6. The van der Waals surface area contributed by atoms with Crippen molar-refractivity contribution in [1.29, 1.82) is 0 Å². The van der Waals surface area contributed by atoms with Crippen LogP contribution in [-0.4, -0.2) is 35.5 Å². The molecule has 0 spiro atoms. The first-order valence-corrected chi connectivity index (χ1v) is 12.6. The zero-order valence-corrected chi connectivity index (χ0v) is 20.2. The maximum absolute atomic E-state index is 13.3. The molecule has 0 aromatic heterocycles. The SMILES string of the molecule is O=C(C[C@@H](Cc1ccccc1)C(=O)N[C@@H](CC1CCCCC1)C(=O)NCCc1ccccc1)NO. The molecule has 2 aromatic rings. The summed E-state index contributed by atoms with van der Waals surface area (Å²) in [6.07, 6.45) is 7.11. The summed E-state index contributed by atoms with van der Waals surface area (Å²) in [6.45, 7) is 0.486. The van der Waals surface area contributed by atoms with Gasteiger partial charge in [-0.3, -0.25) is 19.6 Å². The van der Waals surface area contributed by atoms with Gasteiger partial charge in [-0.05, 0) is 36.3 Å². The Morgan fingerprint density at radius 1 is 0.857 bits per heavy atom. The lowest BCUT2D eigenvalue weighted by molar-refractivity contribution is -0.136. The smallest absolute Gasteiger partial charge is 0.244 e. The van der Waals surface area contributed by atoms with Gasteiger partial charge in [0.05, 0.1) is 5.92 Å². The predicted octanol–water partition coefficient (Wildman–Crippen LogP) is 3.55. The summed E-state index contributed by atoms with van der Waals surface area (Å²) < 4.78 is 0. The van der Waals surface area contributed by atoms with Crippen LogP contribution in [0, 0.1) is 11.8 Å². The Kier molecular flexibility index (Phi) is 10.8. The Balaban J connectivity index is 1.66. The second-order valence-electron chi connectivity index (χ2n) is 9.45. The zero-order chi connectivity index (χ0) is 24.9. The van der Waals surface area contributed by atoms with Gasteiger partial charge in [0, 0.05) is 13.0 Å². The van der Waals surface area contributed by atoms with E-state index in [0.29, 0.717) is 31.7 Å². The Morgan fingerprint density at radius 3 is 2.11 bits per heavy atom. The number of benzene rings is 2. The third-order valence-corrected chi connectivity index (χ3v) is 6.73. The summed E-state index contributed by atoms with van der Waals surface area (Å²) in [7, 11) is 0. The van der Waals surface area contributed by atoms with Gasteiger partial charge in [0.25, 0.3) is 0 Å². The van der Waals surface area contributed by atoms with E-state index >= 15 is 0 Å². The van der Waals surface area contributed by atoms with Crippen LogP contribution in [0.2, 0.25) is 0 Å². The minimum atomic E-state index is -0.699. The lowest BCUT2D eigenvalue weighted by Crippen LogP contribution is -2.50. The van der Waals surface area contributed by atoms with E-state index in [1.54, 1.807) is 5.48 Å². The Bertz CT molecular complexity index is 930. The highest BCUT2D eigenvalue weighted by atomic mass is 16.5. The maximum atomic E-state index is 13.3. The summed E-state index contributed by atoms with van der Waals surface area (Å²) in [5, 5.41) is 15.0. The molecule has 1 saturated carbocycles. The van der Waals surface area contributed by atoms with Crippen LogP contribution in [0.1, 0.15) is 56.1 Å². The molecular weight excluding hydrogens is 442 g/mol. The van der Waals surface area contributed by atoms with Crippen LogP contribution in [0.5, 0.6) is 0 Å². The predicted molar refractivity (Wildman–Crippen MR) is 134 cm³/mol. The number of nitrogens with one attached hydrogen (secondary N) is 3. The Hall–Kier alpha value is -3.19. The lowest BCUT2D eigenvalue weighted by atomic mass is 9.84. The third-order valence-electron chi connectivity index (χ3n) is 6.73. The molecule has 0 bridgehead atoms. The molecule has 7 heteroatoms. The van der Waals surface area contributed by atoms with E-state index in [2.05, 4.69) is 10.6 Å². The van der Waals surface area contributed by atoms with Crippen molar-refractivity contribution < 1.29 is 19.6 Å². The molecule has 1 aliphatic rings. The van der Waals surface area contributed by atoms with Crippen molar-refractivity contribution in [2.75, 3.05) is 6.54 Å². The summed E-state index contributed by atoms with van der Waals surface area (Å²) in [6, 6.07) is 18.7. The molecule has 7 nitrogen and oxygen atoms in total. The van der Waals surface area contributed by atoms with E-state index in [4.69, 9.17) is 5.21 Å². The van der Waals surface area contributed by atoms with Crippen LogP contribution in [0.25, 0.3) is 0 Å². The van der Waals surface area contributed by atoms with Gasteiger partial charge in [-0.2, -0.15) is 0 Å². The van der Waals surface area contributed by atoms with Gasteiger partial charge >= 0.3 is 0 Å². The monoisotopic (exact) mass is 479 g/mol. The molecule has 3 rings (SSSR count). The van der Waals surface area contributed by atoms with Crippen molar-refractivity contribution in [3.63, 3.8) is 0 Å². The summed E-state index contributed by atoms with van der Waals surface area (Å²) >= 11 is 0.